The van der Waals surface area contributed by atoms with Gasteiger partial charge in [0.25, 0.3) is 5.91 Å². The summed E-state index contributed by atoms with van der Waals surface area (Å²) in [4.78, 5) is 31.4. The third-order valence-corrected chi connectivity index (χ3v) is 4.04. The molecule has 0 bridgehead atoms. The summed E-state index contributed by atoms with van der Waals surface area (Å²) in [6.45, 7) is 5.26. The van der Waals surface area contributed by atoms with Crippen molar-refractivity contribution in [3.63, 3.8) is 0 Å². The monoisotopic (exact) mass is 305 g/mol. The number of hydrogen-bond acceptors (Lipinski definition) is 5. The van der Waals surface area contributed by atoms with Gasteiger partial charge >= 0.3 is 5.97 Å². The lowest BCUT2D eigenvalue weighted by atomic mass is 10.1. The molecule has 0 aromatic carbocycles. The predicted molar refractivity (Wildman–Crippen MR) is 78.5 cm³/mol. The zero-order chi connectivity index (χ0) is 15.6. The van der Waals surface area contributed by atoms with Crippen LogP contribution in [-0.2, 0) is 5.54 Å². The van der Waals surface area contributed by atoms with Crippen LogP contribution in [0.3, 0.4) is 0 Å². The van der Waals surface area contributed by atoms with E-state index in [-0.39, 0.29) is 17.2 Å². The van der Waals surface area contributed by atoms with Crippen LogP contribution in [0, 0.1) is 6.92 Å². The van der Waals surface area contributed by atoms with E-state index in [9.17, 15) is 9.59 Å². The van der Waals surface area contributed by atoms with Crippen molar-refractivity contribution in [2.45, 2.75) is 26.3 Å². The summed E-state index contributed by atoms with van der Waals surface area (Å²) in [6, 6.07) is 2.79. The minimum Gasteiger partial charge on any atom is -0.478 e. The summed E-state index contributed by atoms with van der Waals surface area (Å²) < 4.78 is 0. The van der Waals surface area contributed by atoms with E-state index in [2.05, 4.69) is 15.3 Å². The van der Waals surface area contributed by atoms with Crippen molar-refractivity contribution < 1.29 is 14.7 Å². The maximum Gasteiger partial charge on any atom is 0.337 e. The highest BCUT2D eigenvalue weighted by Gasteiger charge is 2.26. The van der Waals surface area contributed by atoms with Gasteiger partial charge in [-0.05, 0) is 32.9 Å². The Morgan fingerprint density at radius 1 is 1.33 bits per heavy atom. The molecule has 21 heavy (non-hydrogen) atoms. The number of nitrogens with one attached hydrogen (secondary N) is 1. The fourth-order valence-electron chi connectivity index (χ4n) is 1.85. The minimum atomic E-state index is -1.06. The van der Waals surface area contributed by atoms with Crippen molar-refractivity contribution in [1.29, 1.82) is 0 Å². The Hall–Kier alpha value is -2.28. The fourth-order valence-corrected chi connectivity index (χ4v) is 2.56. The van der Waals surface area contributed by atoms with Gasteiger partial charge in [0.15, 0.2) is 0 Å². The molecule has 0 unspecified atom stereocenters. The first-order valence-corrected chi connectivity index (χ1v) is 7.12. The van der Waals surface area contributed by atoms with Gasteiger partial charge in [0.05, 0.1) is 16.8 Å². The van der Waals surface area contributed by atoms with Crippen molar-refractivity contribution in [3.8, 4) is 0 Å². The predicted octanol–water partition coefficient (Wildman–Crippen LogP) is 2.21. The number of rotatable bonds is 4. The van der Waals surface area contributed by atoms with E-state index in [1.807, 2.05) is 19.2 Å². The summed E-state index contributed by atoms with van der Waals surface area (Å²) in [6.07, 6.45) is 1.68. The standard InChI is InChI=1S/C14H15N3O3S/c1-8-9(12(19)20)4-5-10(16-8)11(18)17-14(2,3)13-15-6-7-21-13/h4-7H,1-3H3,(H,17,18)(H,19,20). The molecule has 0 radical (unpaired) electrons. The number of aryl methyl sites for hydroxylation is 1. The Balaban J connectivity index is 2.21. The third-order valence-electron chi connectivity index (χ3n) is 2.94. The number of pyridine rings is 1. The van der Waals surface area contributed by atoms with Gasteiger partial charge in [-0.2, -0.15) is 0 Å². The number of amides is 1. The molecule has 7 heteroatoms. The van der Waals surface area contributed by atoms with Gasteiger partial charge in [-0.15, -0.1) is 11.3 Å². The summed E-state index contributed by atoms with van der Waals surface area (Å²) in [5, 5.41) is 14.4. The zero-order valence-electron chi connectivity index (χ0n) is 11.9. The summed E-state index contributed by atoms with van der Waals surface area (Å²) in [5.74, 6) is -1.43. The Kier molecular flexibility index (Phi) is 4.04. The van der Waals surface area contributed by atoms with Crippen LogP contribution >= 0.6 is 11.3 Å². The molecule has 2 rings (SSSR count). The van der Waals surface area contributed by atoms with E-state index < -0.39 is 11.5 Å². The number of carboxylic acids is 1. The molecule has 0 fully saturated rings. The number of aromatic carboxylic acids is 1. The second-order valence-electron chi connectivity index (χ2n) is 5.05. The maximum absolute atomic E-state index is 12.2. The quantitative estimate of drug-likeness (QED) is 0.903. The zero-order valence-corrected chi connectivity index (χ0v) is 12.7. The summed E-state index contributed by atoms with van der Waals surface area (Å²) >= 11 is 1.45. The lowest BCUT2D eigenvalue weighted by Gasteiger charge is -2.23. The SMILES string of the molecule is Cc1nc(C(=O)NC(C)(C)c2nccs2)ccc1C(=O)O. The maximum atomic E-state index is 12.2. The van der Waals surface area contributed by atoms with Crippen LogP contribution in [0.1, 0.15) is 45.4 Å². The Morgan fingerprint density at radius 2 is 2.05 bits per heavy atom. The summed E-state index contributed by atoms with van der Waals surface area (Å²) in [5.41, 5.74) is -0.0400. The van der Waals surface area contributed by atoms with E-state index in [4.69, 9.17) is 5.11 Å². The topological polar surface area (TPSA) is 92.2 Å². The van der Waals surface area contributed by atoms with Gasteiger partial charge in [-0.25, -0.2) is 14.8 Å². The highest BCUT2D eigenvalue weighted by Crippen LogP contribution is 2.22. The van der Waals surface area contributed by atoms with Crippen LogP contribution < -0.4 is 5.32 Å². The largest absolute Gasteiger partial charge is 0.478 e. The van der Waals surface area contributed by atoms with Crippen LogP contribution in [0.15, 0.2) is 23.7 Å². The normalized spacial score (nSPS) is 11.2. The number of nitrogens with zero attached hydrogens (tertiary/aromatic N) is 2. The van der Waals surface area contributed by atoms with Crippen LogP contribution in [0.25, 0.3) is 0 Å². The first-order chi connectivity index (χ1) is 9.81. The highest BCUT2D eigenvalue weighted by atomic mass is 32.1. The third kappa shape index (κ3) is 3.25. The first-order valence-electron chi connectivity index (χ1n) is 6.24. The second kappa shape index (κ2) is 5.61. The first kappa shape index (κ1) is 15.1. The van der Waals surface area contributed by atoms with E-state index in [1.54, 1.807) is 13.1 Å². The van der Waals surface area contributed by atoms with Crippen LogP contribution in [0.4, 0.5) is 0 Å². The van der Waals surface area contributed by atoms with Crippen LogP contribution in [-0.4, -0.2) is 27.0 Å². The fraction of sp³-hybridized carbons (Fsp3) is 0.286. The molecule has 6 nitrogen and oxygen atoms in total. The lowest BCUT2D eigenvalue weighted by Crippen LogP contribution is -2.41. The van der Waals surface area contributed by atoms with Crippen molar-refractivity contribution in [1.82, 2.24) is 15.3 Å². The molecule has 0 saturated heterocycles. The smallest absolute Gasteiger partial charge is 0.337 e. The average molecular weight is 305 g/mol. The van der Waals surface area contributed by atoms with Gasteiger partial charge < -0.3 is 10.4 Å². The molecule has 0 saturated carbocycles. The van der Waals surface area contributed by atoms with Gasteiger partial charge in [0, 0.05) is 11.6 Å². The molecule has 0 aliphatic rings. The van der Waals surface area contributed by atoms with Crippen molar-refractivity contribution >= 4 is 23.2 Å². The van der Waals surface area contributed by atoms with E-state index in [1.165, 1.54) is 23.5 Å². The summed E-state index contributed by atoms with van der Waals surface area (Å²) in [7, 11) is 0. The number of carbonyl (C=O) groups excluding carboxylic acids is 1. The molecule has 2 aromatic heterocycles. The minimum absolute atomic E-state index is 0.0886. The average Bonchev–Trinajstić information content (AvgIpc) is 2.92. The molecule has 0 atom stereocenters. The molecule has 2 aromatic rings. The van der Waals surface area contributed by atoms with Gasteiger partial charge in [-0.1, -0.05) is 0 Å². The van der Waals surface area contributed by atoms with Crippen LogP contribution in [0.2, 0.25) is 0 Å². The molecule has 2 heterocycles. The van der Waals surface area contributed by atoms with E-state index in [0.29, 0.717) is 5.69 Å². The van der Waals surface area contributed by atoms with Gasteiger partial charge in [0.1, 0.15) is 10.7 Å². The Morgan fingerprint density at radius 3 is 2.57 bits per heavy atom. The molecule has 2 N–H and O–H groups in total. The number of carboxylic acid groups (broad SMARTS) is 1. The lowest BCUT2D eigenvalue weighted by molar-refractivity contribution is 0.0694. The van der Waals surface area contributed by atoms with Crippen molar-refractivity contribution in [2.75, 3.05) is 0 Å². The number of carbonyl (C=O) groups is 2. The molecule has 0 aliphatic heterocycles. The highest BCUT2D eigenvalue weighted by molar-refractivity contribution is 7.09. The second-order valence-corrected chi connectivity index (χ2v) is 5.95. The van der Waals surface area contributed by atoms with Gasteiger partial charge in [0.2, 0.25) is 0 Å². The number of thiazole rings is 1. The Labute approximate surface area is 125 Å². The molecule has 0 spiro atoms. The van der Waals surface area contributed by atoms with Crippen molar-refractivity contribution in [2.24, 2.45) is 0 Å². The van der Waals surface area contributed by atoms with Gasteiger partial charge in [-0.3, -0.25) is 4.79 Å². The van der Waals surface area contributed by atoms with Crippen LogP contribution in [0.5, 0.6) is 0 Å². The molecule has 0 aliphatic carbocycles. The van der Waals surface area contributed by atoms with E-state index in [0.717, 1.165) is 5.01 Å². The Bertz CT molecular complexity index is 681. The number of aromatic nitrogens is 2. The molecular weight excluding hydrogens is 290 g/mol. The molecule has 110 valence electrons. The van der Waals surface area contributed by atoms with E-state index >= 15 is 0 Å². The van der Waals surface area contributed by atoms with Crippen molar-refractivity contribution in [3.05, 3.63) is 45.7 Å². The number of hydrogen-bond donors (Lipinski definition) is 2. The molecule has 1 amide bonds. The molecular formula is C14H15N3O3S.